The average molecular weight is 257 g/mol. The number of hydrogen-bond donors (Lipinski definition) is 1. The maximum absolute atomic E-state index is 5.90. The molecule has 1 fully saturated rings. The van der Waals surface area contributed by atoms with Crippen molar-refractivity contribution in [3.63, 3.8) is 0 Å². The van der Waals surface area contributed by atoms with E-state index < -0.39 is 0 Å². The first kappa shape index (κ1) is 15.9. The number of rotatable bonds is 8. The predicted octanol–water partition coefficient (Wildman–Crippen LogP) is 2.99. The molecule has 0 aromatic carbocycles. The maximum Gasteiger partial charge on any atom is 0.0825 e. The van der Waals surface area contributed by atoms with Crippen molar-refractivity contribution < 1.29 is 9.47 Å². The Morgan fingerprint density at radius 3 is 2.28 bits per heavy atom. The lowest BCUT2D eigenvalue weighted by atomic mass is 9.80. The van der Waals surface area contributed by atoms with Crippen LogP contribution in [0.15, 0.2) is 0 Å². The lowest BCUT2D eigenvalue weighted by Gasteiger charge is -2.41. The molecular weight excluding hydrogens is 226 g/mol. The summed E-state index contributed by atoms with van der Waals surface area (Å²) in [5.74, 6) is 0.787. The first-order valence-electron chi connectivity index (χ1n) is 7.58. The molecule has 1 atom stereocenters. The monoisotopic (exact) mass is 257 g/mol. The van der Waals surface area contributed by atoms with E-state index in [-0.39, 0.29) is 5.60 Å². The van der Waals surface area contributed by atoms with Crippen molar-refractivity contribution in [3.8, 4) is 0 Å². The van der Waals surface area contributed by atoms with E-state index in [1.807, 2.05) is 7.11 Å². The first-order chi connectivity index (χ1) is 8.72. The van der Waals surface area contributed by atoms with Gasteiger partial charge in [-0.25, -0.2) is 0 Å². The molecule has 1 rings (SSSR count). The van der Waals surface area contributed by atoms with Crippen LogP contribution < -0.4 is 5.32 Å². The minimum absolute atomic E-state index is 0.00564. The van der Waals surface area contributed by atoms with Crippen molar-refractivity contribution in [2.45, 2.75) is 64.5 Å². The molecule has 18 heavy (non-hydrogen) atoms. The van der Waals surface area contributed by atoms with Gasteiger partial charge in [0.2, 0.25) is 0 Å². The van der Waals surface area contributed by atoms with Gasteiger partial charge in [0.15, 0.2) is 0 Å². The minimum atomic E-state index is -0.00564. The Morgan fingerprint density at radius 1 is 1.22 bits per heavy atom. The third-order valence-electron chi connectivity index (χ3n) is 4.60. The molecule has 1 saturated heterocycles. The van der Waals surface area contributed by atoms with Crippen LogP contribution in [-0.2, 0) is 9.47 Å². The summed E-state index contributed by atoms with van der Waals surface area (Å²) in [6, 6.07) is 0.464. The number of ether oxygens (including phenoxy) is 2. The van der Waals surface area contributed by atoms with Crippen LogP contribution in [0.3, 0.4) is 0 Å². The van der Waals surface area contributed by atoms with Crippen molar-refractivity contribution in [3.05, 3.63) is 0 Å². The van der Waals surface area contributed by atoms with E-state index in [1.54, 1.807) is 0 Å². The number of hydrogen-bond acceptors (Lipinski definition) is 3. The van der Waals surface area contributed by atoms with Gasteiger partial charge >= 0.3 is 0 Å². The summed E-state index contributed by atoms with van der Waals surface area (Å²) in [7, 11) is 1.86. The van der Waals surface area contributed by atoms with Crippen LogP contribution in [0.4, 0.5) is 0 Å². The van der Waals surface area contributed by atoms with Gasteiger partial charge in [-0.15, -0.1) is 0 Å². The summed E-state index contributed by atoms with van der Waals surface area (Å²) in [6.45, 7) is 9.54. The summed E-state index contributed by atoms with van der Waals surface area (Å²) in [6.07, 6.45) is 5.76. The Kier molecular flexibility index (Phi) is 7.20. The molecule has 1 N–H and O–H groups in total. The Balaban J connectivity index is 2.66. The highest BCUT2D eigenvalue weighted by Crippen LogP contribution is 2.31. The summed E-state index contributed by atoms with van der Waals surface area (Å²) in [5, 5.41) is 3.66. The predicted molar refractivity (Wildman–Crippen MR) is 75.9 cm³/mol. The van der Waals surface area contributed by atoms with Crippen LogP contribution in [0, 0.1) is 5.92 Å². The van der Waals surface area contributed by atoms with Gasteiger partial charge in [0.25, 0.3) is 0 Å². The van der Waals surface area contributed by atoms with E-state index in [9.17, 15) is 0 Å². The Bertz CT molecular complexity index is 202. The highest BCUT2D eigenvalue weighted by molar-refractivity contribution is 4.92. The Morgan fingerprint density at radius 2 is 1.83 bits per heavy atom. The molecule has 0 aromatic rings. The van der Waals surface area contributed by atoms with E-state index in [0.717, 1.165) is 38.5 Å². The molecule has 0 saturated carbocycles. The summed E-state index contributed by atoms with van der Waals surface area (Å²) >= 11 is 0. The van der Waals surface area contributed by atoms with Gasteiger partial charge < -0.3 is 14.8 Å². The van der Waals surface area contributed by atoms with E-state index in [4.69, 9.17) is 9.47 Å². The largest absolute Gasteiger partial charge is 0.381 e. The summed E-state index contributed by atoms with van der Waals surface area (Å²) < 4.78 is 11.4. The molecule has 1 unspecified atom stereocenters. The number of methoxy groups -OCH3 is 1. The van der Waals surface area contributed by atoms with Crippen LogP contribution in [0.5, 0.6) is 0 Å². The molecule has 1 aliphatic rings. The Labute approximate surface area is 113 Å². The fourth-order valence-electron chi connectivity index (χ4n) is 3.22. The van der Waals surface area contributed by atoms with Crippen LogP contribution >= 0.6 is 0 Å². The van der Waals surface area contributed by atoms with Crippen molar-refractivity contribution in [2.24, 2.45) is 5.92 Å². The lowest BCUT2D eigenvalue weighted by Crippen LogP contribution is -2.52. The molecule has 1 heterocycles. The first-order valence-corrected chi connectivity index (χ1v) is 7.58. The van der Waals surface area contributed by atoms with E-state index in [0.29, 0.717) is 6.04 Å². The summed E-state index contributed by atoms with van der Waals surface area (Å²) in [4.78, 5) is 0. The lowest BCUT2D eigenvalue weighted by molar-refractivity contribution is -0.0571. The summed E-state index contributed by atoms with van der Waals surface area (Å²) in [5.41, 5.74) is -0.00564. The Hall–Kier alpha value is -0.120. The zero-order valence-corrected chi connectivity index (χ0v) is 12.6. The quantitative estimate of drug-likeness (QED) is 0.725. The third-order valence-corrected chi connectivity index (χ3v) is 4.60. The van der Waals surface area contributed by atoms with Crippen LogP contribution in [-0.4, -0.2) is 38.5 Å². The maximum atomic E-state index is 5.90. The molecule has 0 spiro atoms. The third kappa shape index (κ3) is 3.94. The second kappa shape index (κ2) is 8.13. The van der Waals surface area contributed by atoms with Gasteiger partial charge in [0, 0.05) is 26.4 Å². The molecule has 0 radical (unpaired) electrons. The van der Waals surface area contributed by atoms with E-state index >= 15 is 0 Å². The van der Waals surface area contributed by atoms with Crippen molar-refractivity contribution in [2.75, 3.05) is 26.9 Å². The zero-order chi connectivity index (χ0) is 13.4. The molecule has 0 bridgehead atoms. The molecular formula is C15H31NO2. The molecule has 0 amide bonds. The van der Waals surface area contributed by atoms with Crippen LogP contribution in [0.2, 0.25) is 0 Å². The van der Waals surface area contributed by atoms with Crippen LogP contribution in [0.1, 0.15) is 52.9 Å². The molecule has 1 aliphatic heterocycles. The van der Waals surface area contributed by atoms with Gasteiger partial charge in [0.05, 0.1) is 5.60 Å². The standard InChI is InChI=1S/C15H31NO2/c1-5-15(6-2,17-4)14(16-7-3)12-13-8-10-18-11-9-13/h13-14,16H,5-12H2,1-4H3. The van der Waals surface area contributed by atoms with Crippen LogP contribution in [0.25, 0.3) is 0 Å². The molecule has 108 valence electrons. The van der Waals surface area contributed by atoms with Crippen molar-refractivity contribution in [1.82, 2.24) is 5.32 Å². The molecule has 3 heteroatoms. The van der Waals surface area contributed by atoms with Gasteiger partial charge in [-0.2, -0.15) is 0 Å². The molecule has 0 aliphatic carbocycles. The topological polar surface area (TPSA) is 30.5 Å². The minimum Gasteiger partial charge on any atom is -0.381 e. The SMILES string of the molecule is CCNC(CC1CCOCC1)C(CC)(CC)OC. The van der Waals surface area contributed by atoms with Gasteiger partial charge in [-0.3, -0.25) is 0 Å². The molecule has 3 nitrogen and oxygen atoms in total. The number of nitrogens with one attached hydrogen (secondary N) is 1. The fraction of sp³-hybridized carbons (Fsp3) is 1.00. The second-order valence-electron chi connectivity index (χ2n) is 5.38. The zero-order valence-electron chi connectivity index (χ0n) is 12.6. The van der Waals surface area contributed by atoms with E-state index in [2.05, 4.69) is 26.1 Å². The highest BCUT2D eigenvalue weighted by atomic mass is 16.5. The van der Waals surface area contributed by atoms with Crippen molar-refractivity contribution in [1.29, 1.82) is 0 Å². The van der Waals surface area contributed by atoms with Crippen molar-refractivity contribution >= 4 is 0 Å². The average Bonchev–Trinajstić information content (AvgIpc) is 2.43. The number of likely N-dealkylation sites (N-methyl/N-ethyl adjacent to an activating group) is 1. The van der Waals surface area contributed by atoms with Gasteiger partial charge in [-0.1, -0.05) is 20.8 Å². The normalized spacial score (nSPS) is 20.0. The highest BCUT2D eigenvalue weighted by Gasteiger charge is 2.36. The molecule has 0 aromatic heterocycles. The van der Waals surface area contributed by atoms with E-state index in [1.165, 1.54) is 19.3 Å². The second-order valence-corrected chi connectivity index (χ2v) is 5.38. The smallest absolute Gasteiger partial charge is 0.0825 e. The van der Waals surface area contributed by atoms with Gasteiger partial charge in [0.1, 0.15) is 0 Å². The van der Waals surface area contributed by atoms with Gasteiger partial charge in [-0.05, 0) is 44.6 Å². The fourth-order valence-corrected chi connectivity index (χ4v) is 3.22.